The minimum absolute atomic E-state index is 0.0504. The number of amides is 1. The Morgan fingerprint density at radius 3 is 2.64 bits per heavy atom. The smallest absolute Gasteiger partial charge is 0.265 e. The normalized spacial score (nSPS) is 25.7. The van der Waals surface area contributed by atoms with Crippen molar-refractivity contribution in [1.82, 2.24) is 10.2 Å². The number of thiocarbonyl (C=S) groups is 1. The number of nitrogens with zero attached hydrogens (tertiary/aromatic N) is 1. The van der Waals surface area contributed by atoms with Gasteiger partial charge in [-0.05, 0) is 19.3 Å². The summed E-state index contributed by atoms with van der Waals surface area (Å²) in [5.41, 5.74) is 0. The molecule has 0 aromatic carbocycles. The zero-order valence-electron chi connectivity index (χ0n) is 7.78. The van der Waals surface area contributed by atoms with Gasteiger partial charge in [0, 0.05) is 19.3 Å². The molecule has 0 spiro atoms. The average Bonchev–Trinajstić information content (AvgIpc) is 2.47. The molecule has 0 aliphatic carbocycles. The Morgan fingerprint density at radius 2 is 2.07 bits per heavy atom. The van der Waals surface area contributed by atoms with Gasteiger partial charge >= 0.3 is 0 Å². The maximum Gasteiger partial charge on any atom is 0.265 e. The van der Waals surface area contributed by atoms with E-state index in [2.05, 4.69) is 10.2 Å². The number of piperidine rings is 1. The molecule has 76 valence electrons. The summed E-state index contributed by atoms with van der Waals surface area (Å²) in [4.78, 5) is 14.3. The summed E-state index contributed by atoms with van der Waals surface area (Å²) in [7, 11) is 0. The van der Waals surface area contributed by atoms with Crippen molar-refractivity contribution in [2.24, 2.45) is 0 Å². The third-order valence-electron chi connectivity index (χ3n) is 2.33. The van der Waals surface area contributed by atoms with Crippen molar-refractivity contribution in [1.29, 1.82) is 0 Å². The predicted octanol–water partition coefficient (Wildman–Crippen LogP) is 1.46. The highest BCUT2D eigenvalue weighted by Crippen LogP contribution is 2.24. The van der Waals surface area contributed by atoms with Crippen LogP contribution in [0.3, 0.4) is 0 Å². The minimum atomic E-state index is -0.0504. The summed E-state index contributed by atoms with van der Waals surface area (Å²) in [5, 5.41) is 2.62. The SMILES string of the molecule is O=C1NC(=S)S/C1=C/N1CCCCC1. The van der Waals surface area contributed by atoms with Crippen molar-refractivity contribution in [2.75, 3.05) is 13.1 Å². The molecule has 0 bridgehead atoms. The van der Waals surface area contributed by atoms with Crippen LogP contribution in [0.1, 0.15) is 19.3 Å². The van der Waals surface area contributed by atoms with Gasteiger partial charge in [-0.15, -0.1) is 0 Å². The second-order valence-electron chi connectivity index (χ2n) is 3.43. The summed E-state index contributed by atoms with van der Waals surface area (Å²) in [5.74, 6) is -0.0504. The number of carbonyl (C=O) groups excluding carboxylic acids is 1. The van der Waals surface area contributed by atoms with Crippen molar-refractivity contribution in [3.63, 3.8) is 0 Å². The Labute approximate surface area is 92.9 Å². The van der Waals surface area contributed by atoms with Crippen LogP contribution < -0.4 is 5.32 Å². The number of likely N-dealkylation sites (tertiary alicyclic amines) is 1. The lowest BCUT2D eigenvalue weighted by Gasteiger charge is -2.25. The first kappa shape index (κ1) is 9.98. The second-order valence-corrected chi connectivity index (χ2v) is 5.15. The first-order valence-electron chi connectivity index (χ1n) is 4.75. The van der Waals surface area contributed by atoms with E-state index in [0.717, 1.165) is 18.0 Å². The van der Waals surface area contributed by atoms with E-state index >= 15 is 0 Å². The quantitative estimate of drug-likeness (QED) is 0.544. The van der Waals surface area contributed by atoms with Gasteiger partial charge < -0.3 is 10.2 Å². The molecule has 1 N–H and O–H groups in total. The summed E-state index contributed by atoms with van der Waals surface area (Å²) in [6.07, 6.45) is 5.69. The molecule has 2 fully saturated rings. The van der Waals surface area contributed by atoms with Crippen LogP contribution in [0.5, 0.6) is 0 Å². The van der Waals surface area contributed by atoms with Crippen LogP contribution in [-0.2, 0) is 4.79 Å². The first-order chi connectivity index (χ1) is 6.75. The fourth-order valence-electron chi connectivity index (χ4n) is 1.62. The lowest BCUT2D eigenvalue weighted by Crippen LogP contribution is -2.25. The Hall–Kier alpha value is -0.550. The number of rotatable bonds is 1. The molecule has 3 nitrogen and oxygen atoms in total. The van der Waals surface area contributed by atoms with Gasteiger partial charge in [-0.1, -0.05) is 24.0 Å². The predicted molar refractivity (Wildman–Crippen MR) is 61.8 cm³/mol. The molecule has 0 aromatic heterocycles. The molecular weight excluding hydrogens is 216 g/mol. The van der Waals surface area contributed by atoms with Gasteiger partial charge in [-0.25, -0.2) is 0 Å². The number of hydrogen-bond donors (Lipinski definition) is 1. The molecule has 0 aromatic rings. The van der Waals surface area contributed by atoms with Crippen molar-refractivity contribution >= 4 is 34.2 Å². The first-order valence-corrected chi connectivity index (χ1v) is 5.97. The summed E-state index contributed by atoms with van der Waals surface area (Å²) < 4.78 is 0.568. The van der Waals surface area contributed by atoms with Crippen molar-refractivity contribution in [3.05, 3.63) is 11.1 Å². The van der Waals surface area contributed by atoms with E-state index in [1.807, 2.05) is 6.20 Å². The van der Waals surface area contributed by atoms with E-state index in [9.17, 15) is 4.79 Å². The van der Waals surface area contributed by atoms with E-state index in [1.54, 1.807) is 0 Å². The number of hydrogen-bond acceptors (Lipinski definition) is 4. The number of thioether (sulfide) groups is 1. The van der Waals surface area contributed by atoms with Crippen LogP contribution in [0.15, 0.2) is 11.1 Å². The fraction of sp³-hybridized carbons (Fsp3) is 0.556. The molecule has 0 saturated carbocycles. The van der Waals surface area contributed by atoms with Crippen LogP contribution in [0.25, 0.3) is 0 Å². The van der Waals surface area contributed by atoms with E-state index in [0.29, 0.717) is 4.32 Å². The van der Waals surface area contributed by atoms with Crippen LogP contribution in [-0.4, -0.2) is 28.2 Å². The van der Waals surface area contributed by atoms with Gasteiger partial charge in [-0.3, -0.25) is 4.79 Å². The maximum atomic E-state index is 11.3. The van der Waals surface area contributed by atoms with Gasteiger partial charge in [0.2, 0.25) is 0 Å². The van der Waals surface area contributed by atoms with Crippen molar-refractivity contribution < 1.29 is 4.79 Å². The van der Waals surface area contributed by atoms with E-state index in [-0.39, 0.29) is 5.91 Å². The second kappa shape index (κ2) is 4.31. The Balaban J connectivity index is 2.02. The third-order valence-corrected chi connectivity index (χ3v) is 3.48. The third kappa shape index (κ3) is 2.27. The molecule has 0 atom stereocenters. The molecule has 2 rings (SSSR count). The van der Waals surface area contributed by atoms with E-state index in [1.165, 1.54) is 31.0 Å². The molecule has 14 heavy (non-hydrogen) atoms. The van der Waals surface area contributed by atoms with Gasteiger partial charge in [0.05, 0.1) is 4.91 Å². The van der Waals surface area contributed by atoms with Crippen LogP contribution >= 0.6 is 24.0 Å². The van der Waals surface area contributed by atoms with Gasteiger partial charge in [-0.2, -0.15) is 0 Å². The van der Waals surface area contributed by atoms with Crippen molar-refractivity contribution in [2.45, 2.75) is 19.3 Å². The summed E-state index contributed by atoms with van der Waals surface area (Å²) in [6.45, 7) is 2.12. The maximum absolute atomic E-state index is 11.3. The average molecular weight is 228 g/mol. The molecule has 0 radical (unpaired) electrons. The van der Waals surface area contributed by atoms with Crippen LogP contribution in [0.2, 0.25) is 0 Å². The highest BCUT2D eigenvalue weighted by molar-refractivity contribution is 8.26. The van der Waals surface area contributed by atoms with E-state index in [4.69, 9.17) is 12.2 Å². The van der Waals surface area contributed by atoms with Crippen molar-refractivity contribution in [3.8, 4) is 0 Å². The fourth-order valence-corrected chi connectivity index (χ4v) is 2.68. The zero-order chi connectivity index (χ0) is 9.97. The highest BCUT2D eigenvalue weighted by Gasteiger charge is 2.23. The van der Waals surface area contributed by atoms with E-state index < -0.39 is 0 Å². The molecule has 5 heteroatoms. The lowest BCUT2D eigenvalue weighted by molar-refractivity contribution is -0.115. The summed E-state index contributed by atoms with van der Waals surface area (Å²) in [6, 6.07) is 0. The molecule has 2 aliphatic rings. The van der Waals surface area contributed by atoms with Crippen LogP contribution in [0, 0.1) is 0 Å². The molecule has 2 heterocycles. The molecule has 2 aliphatic heterocycles. The largest absolute Gasteiger partial charge is 0.376 e. The van der Waals surface area contributed by atoms with Gasteiger partial charge in [0.1, 0.15) is 4.32 Å². The molecule has 2 saturated heterocycles. The molecular formula is C9H12N2OS2. The Kier molecular flexibility index (Phi) is 3.08. The zero-order valence-corrected chi connectivity index (χ0v) is 9.42. The standard InChI is InChI=1S/C9H12N2OS2/c12-8-7(14-9(13)10-8)6-11-4-2-1-3-5-11/h6H,1-5H2,(H,10,12,13)/b7-6+. The molecule has 0 unspecified atom stereocenters. The Morgan fingerprint density at radius 1 is 1.36 bits per heavy atom. The summed E-state index contributed by atoms with van der Waals surface area (Å²) >= 11 is 6.27. The minimum Gasteiger partial charge on any atom is -0.376 e. The lowest BCUT2D eigenvalue weighted by atomic mass is 10.1. The van der Waals surface area contributed by atoms with Crippen LogP contribution in [0.4, 0.5) is 0 Å². The number of nitrogens with one attached hydrogen (secondary N) is 1. The number of carbonyl (C=O) groups is 1. The van der Waals surface area contributed by atoms with Gasteiger partial charge in [0.15, 0.2) is 0 Å². The monoisotopic (exact) mass is 228 g/mol. The Bertz CT molecular complexity index is 295. The van der Waals surface area contributed by atoms with Gasteiger partial charge in [0.25, 0.3) is 5.91 Å². The highest BCUT2D eigenvalue weighted by atomic mass is 32.2. The molecule has 1 amide bonds. The topological polar surface area (TPSA) is 32.3 Å².